The first kappa shape index (κ1) is 20.1. The lowest BCUT2D eigenvalue weighted by molar-refractivity contribution is -0.116. The van der Waals surface area contributed by atoms with Gasteiger partial charge in [-0.1, -0.05) is 17.7 Å². The van der Waals surface area contributed by atoms with Crippen LogP contribution in [0.3, 0.4) is 0 Å². The van der Waals surface area contributed by atoms with Crippen molar-refractivity contribution in [2.24, 2.45) is 0 Å². The third-order valence-electron chi connectivity index (χ3n) is 3.47. The zero-order chi connectivity index (χ0) is 19.3. The van der Waals surface area contributed by atoms with Gasteiger partial charge in [0.05, 0.1) is 17.6 Å². The van der Waals surface area contributed by atoms with E-state index in [4.69, 9.17) is 11.6 Å². The summed E-state index contributed by atoms with van der Waals surface area (Å²) < 4.78 is 51.5. The highest BCUT2D eigenvalue weighted by Gasteiger charge is 2.18. The second kappa shape index (κ2) is 8.46. The van der Waals surface area contributed by atoms with Crippen LogP contribution in [0.5, 0.6) is 0 Å². The molecule has 9 heteroatoms. The smallest absolute Gasteiger partial charge is 0.232 e. The summed E-state index contributed by atoms with van der Waals surface area (Å²) in [6.45, 7) is 0.0541. The van der Waals surface area contributed by atoms with E-state index in [0.717, 1.165) is 22.7 Å². The SMILES string of the molecule is CS(=O)(=O)N(CCCC(=O)Nc1ccc(F)cc1F)c1cccc(Cl)c1. The quantitative estimate of drug-likeness (QED) is 0.766. The van der Waals surface area contributed by atoms with Gasteiger partial charge in [0.1, 0.15) is 11.6 Å². The Morgan fingerprint density at radius 3 is 2.54 bits per heavy atom. The predicted molar refractivity (Wildman–Crippen MR) is 97.9 cm³/mol. The van der Waals surface area contributed by atoms with Crippen LogP contribution in [0.4, 0.5) is 20.2 Å². The van der Waals surface area contributed by atoms with E-state index in [1.54, 1.807) is 18.2 Å². The molecule has 0 aliphatic carbocycles. The van der Waals surface area contributed by atoms with Crippen LogP contribution in [0.1, 0.15) is 12.8 Å². The van der Waals surface area contributed by atoms with Crippen molar-refractivity contribution >= 4 is 38.9 Å². The number of nitrogens with zero attached hydrogens (tertiary/aromatic N) is 1. The van der Waals surface area contributed by atoms with Gasteiger partial charge in [-0.25, -0.2) is 17.2 Å². The monoisotopic (exact) mass is 402 g/mol. The van der Waals surface area contributed by atoms with Gasteiger partial charge in [-0.2, -0.15) is 0 Å². The molecule has 2 aromatic carbocycles. The van der Waals surface area contributed by atoms with E-state index in [0.29, 0.717) is 16.8 Å². The van der Waals surface area contributed by atoms with Crippen molar-refractivity contribution in [1.82, 2.24) is 0 Å². The molecule has 0 saturated carbocycles. The molecule has 0 heterocycles. The van der Waals surface area contributed by atoms with Crippen molar-refractivity contribution in [2.75, 3.05) is 22.4 Å². The molecular weight excluding hydrogens is 386 g/mol. The van der Waals surface area contributed by atoms with Crippen LogP contribution in [-0.2, 0) is 14.8 Å². The van der Waals surface area contributed by atoms with Crippen molar-refractivity contribution in [3.05, 3.63) is 59.1 Å². The molecule has 0 radical (unpaired) electrons. The van der Waals surface area contributed by atoms with Crippen LogP contribution in [0, 0.1) is 11.6 Å². The third kappa shape index (κ3) is 5.67. The molecule has 0 aliphatic heterocycles. The van der Waals surface area contributed by atoms with E-state index in [9.17, 15) is 22.0 Å². The Labute approximate surface area is 155 Å². The number of benzene rings is 2. The Bertz CT molecular complexity index is 907. The summed E-state index contributed by atoms with van der Waals surface area (Å²) in [7, 11) is -3.56. The summed E-state index contributed by atoms with van der Waals surface area (Å²) in [6.07, 6.45) is 1.22. The number of carbonyl (C=O) groups is 1. The number of amides is 1. The summed E-state index contributed by atoms with van der Waals surface area (Å²) in [5, 5.41) is 2.72. The van der Waals surface area contributed by atoms with Gasteiger partial charge < -0.3 is 5.32 Å². The molecule has 2 aromatic rings. The van der Waals surface area contributed by atoms with E-state index >= 15 is 0 Å². The van der Waals surface area contributed by atoms with Crippen LogP contribution in [0.25, 0.3) is 0 Å². The Morgan fingerprint density at radius 1 is 1.19 bits per heavy atom. The third-order valence-corrected chi connectivity index (χ3v) is 4.90. The molecule has 0 bridgehead atoms. The van der Waals surface area contributed by atoms with Gasteiger partial charge in [-0.3, -0.25) is 9.10 Å². The van der Waals surface area contributed by atoms with Crippen LogP contribution in [-0.4, -0.2) is 27.1 Å². The average molecular weight is 403 g/mol. The molecule has 0 aromatic heterocycles. The first-order valence-corrected chi connectivity index (χ1v) is 9.87. The lowest BCUT2D eigenvalue weighted by Crippen LogP contribution is -2.31. The van der Waals surface area contributed by atoms with Gasteiger partial charge >= 0.3 is 0 Å². The number of halogens is 3. The Kier molecular flexibility index (Phi) is 6.55. The molecule has 1 amide bonds. The van der Waals surface area contributed by atoms with Crippen molar-refractivity contribution in [2.45, 2.75) is 12.8 Å². The Morgan fingerprint density at radius 2 is 1.92 bits per heavy atom. The lowest BCUT2D eigenvalue weighted by Gasteiger charge is -2.22. The predicted octanol–water partition coefficient (Wildman–Crippen LogP) is 3.80. The number of nitrogens with one attached hydrogen (secondary N) is 1. The number of hydrogen-bond donors (Lipinski definition) is 1. The van der Waals surface area contributed by atoms with Crippen LogP contribution in [0.2, 0.25) is 5.02 Å². The molecule has 0 atom stereocenters. The molecular formula is C17H17ClF2N2O3S. The van der Waals surface area contributed by atoms with Gasteiger partial charge in [0.15, 0.2) is 0 Å². The number of carbonyl (C=O) groups excluding carboxylic acids is 1. The topological polar surface area (TPSA) is 66.5 Å². The minimum absolute atomic E-state index is 0.0383. The summed E-state index contributed by atoms with van der Waals surface area (Å²) in [4.78, 5) is 11.9. The van der Waals surface area contributed by atoms with E-state index in [2.05, 4.69) is 5.32 Å². The zero-order valence-corrected chi connectivity index (χ0v) is 15.4. The molecule has 0 fully saturated rings. The van der Waals surface area contributed by atoms with Crippen LogP contribution in [0.15, 0.2) is 42.5 Å². The fourth-order valence-electron chi connectivity index (χ4n) is 2.30. The second-order valence-corrected chi connectivity index (χ2v) is 7.93. The van der Waals surface area contributed by atoms with E-state index < -0.39 is 27.6 Å². The Hall–Kier alpha value is -2.19. The summed E-state index contributed by atoms with van der Waals surface area (Å²) >= 11 is 5.89. The molecule has 5 nitrogen and oxygen atoms in total. The molecule has 2 rings (SSSR count). The molecule has 1 N–H and O–H groups in total. The van der Waals surface area contributed by atoms with Gasteiger partial charge in [0, 0.05) is 24.1 Å². The van der Waals surface area contributed by atoms with Crippen molar-refractivity contribution in [1.29, 1.82) is 0 Å². The number of rotatable bonds is 7. The second-order valence-electron chi connectivity index (χ2n) is 5.59. The molecule has 0 unspecified atom stereocenters. The summed E-state index contributed by atoms with van der Waals surface area (Å²) in [5.41, 5.74) is 0.260. The van der Waals surface area contributed by atoms with E-state index in [1.807, 2.05) is 0 Å². The van der Waals surface area contributed by atoms with Crippen molar-refractivity contribution in [3.8, 4) is 0 Å². The van der Waals surface area contributed by atoms with Gasteiger partial charge in [0.25, 0.3) is 0 Å². The maximum absolute atomic E-state index is 13.5. The fraction of sp³-hybridized carbons (Fsp3) is 0.235. The molecule has 0 aliphatic rings. The van der Waals surface area contributed by atoms with Gasteiger partial charge in [0.2, 0.25) is 15.9 Å². The van der Waals surface area contributed by atoms with Crippen LogP contribution < -0.4 is 9.62 Å². The average Bonchev–Trinajstić information content (AvgIpc) is 2.53. The minimum Gasteiger partial charge on any atom is -0.324 e. The standard InChI is InChI=1S/C17H17ClF2N2O3S/c1-26(24,25)22(14-5-2-4-12(18)10-14)9-3-6-17(23)21-16-8-7-13(19)11-15(16)20/h2,4-5,7-8,10-11H,3,6,9H2,1H3,(H,21,23). The normalized spacial score (nSPS) is 11.2. The highest BCUT2D eigenvalue weighted by atomic mass is 35.5. The van der Waals surface area contributed by atoms with Crippen molar-refractivity contribution < 1.29 is 22.0 Å². The lowest BCUT2D eigenvalue weighted by atomic mass is 10.2. The molecule has 0 saturated heterocycles. The fourth-order valence-corrected chi connectivity index (χ4v) is 3.45. The largest absolute Gasteiger partial charge is 0.324 e. The van der Waals surface area contributed by atoms with E-state index in [1.165, 1.54) is 6.07 Å². The maximum Gasteiger partial charge on any atom is 0.232 e. The highest BCUT2D eigenvalue weighted by Crippen LogP contribution is 2.22. The van der Waals surface area contributed by atoms with E-state index in [-0.39, 0.29) is 25.1 Å². The first-order chi connectivity index (χ1) is 12.2. The number of hydrogen-bond acceptors (Lipinski definition) is 3. The Balaban J connectivity index is 1.98. The van der Waals surface area contributed by atoms with Gasteiger partial charge in [-0.15, -0.1) is 0 Å². The van der Waals surface area contributed by atoms with Crippen molar-refractivity contribution in [3.63, 3.8) is 0 Å². The first-order valence-electron chi connectivity index (χ1n) is 7.65. The summed E-state index contributed by atoms with van der Waals surface area (Å²) in [6, 6.07) is 9.17. The zero-order valence-electron chi connectivity index (χ0n) is 13.9. The number of sulfonamides is 1. The highest BCUT2D eigenvalue weighted by molar-refractivity contribution is 7.92. The molecule has 26 heavy (non-hydrogen) atoms. The summed E-state index contributed by atoms with van der Waals surface area (Å²) in [5.74, 6) is -2.13. The molecule has 0 spiro atoms. The molecule has 140 valence electrons. The number of anilines is 2. The van der Waals surface area contributed by atoms with Crippen LogP contribution >= 0.6 is 11.6 Å². The minimum atomic E-state index is -3.56. The maximum atomic E-state index is 13.5. The van der Waals surface area contributed by atoms with Gasteiger partial charge in [-0.05, 0) is 36.8 Å².